The molecular weight excluding hydrogens is 300 g/mol. The van der Waals surface area contributed by atoms with Crippen LogP contribution < -0.4 is 0 Å². The van der Waals surface area contributed by atoms with E-state index in [1.165, 1.54) is 11.1 Å². The fourth-order valence-electron chi connectivity index (χ4n) is 3.09. The fourth-order valence-corrected chi connectivity index (χ4v) is 3.09. The number of ether oxygens (including phenoxy) is 1. The molecule has 4 heteroatoms. The molecule has 126 valence electrons. The van der Waals surface area contributed by atoms with Crippen molar-refractivity contribution in [3.8, 4) is 0 Å². The van der Waals surface area contributed by atoms with E-state index in [2.05, 4.69) is 24.0 Å². The van der Waals surface area contributed by atoms with Crippen LogP contribution in [-0.2, 0) is 22.6 Å². The van der Waals surface area contributed by atoms with Crippen LogP contribution in [0, 0.1) is 12.8 Å². The van der Waals surface area contributed by atoms with E-state index in [0.717, 1.165) is 18.5 Å². The fraction of sp³-hybridized carbons (Fsp3) is 0.400. The molecule has 2 heterocycles. The maximum atomic E-state index is 13.1. The van der Waals surface area contributed by atoms with E-state index < -0.39 is 0 Å². The van der Waals surface area contributed by atoms with Gasteiger partial charge in [0.05, 0.1) is 12.2 Å². The first-order chi connectivity index (χ1) is 11.7. The average Bonchev–Trinajstić information content (AvgIpc) is 2.64. The van der Waals surface area contributed by atoms with Gasteiger partial charge in [0, 0.05) is 31.9 Å². The normalized spacial score (nSPS) is 15.2. The molecule has 0 atom stereocenters. The van der Waals surface area contributed by atoms with E-state index >= 15 is 0 Å². The number of nitrogens with zero attached hydrogens (tertiary/aromatic N) is 2. The summed E-state index contributed by atoms with van der Waals surface area (Å²) in [5.41, 5.74) is 3.32. The predicted molar refractivity (Wildman–Crippen MR) is 93.2 cm³/mol. The highest BCUT2D eigenvalue weighted by molar-refractivity contribution is 5.79. The molecule has 1 aliphatic rings. The number of carbonyl (C=O) groups is 1. The van der Waals surface area contributed by atoms with Gasteiger partial charge in [-0.25, -0.2) is 0 Å². The van der Waals surface area contributed by atoms with Gasteiger partial charge in [-0.05, 0) is 43.0 Å². The summed E-state index contributed by atoms with van der Waals surface area (Å²) >= 11 is 0. The standard InChI is InChI=1S/C20H24N2O2/c1-16-6-2-3-7-18(16)14-22(15-19-8-4-5-11-21-19)20(23)17-9-12-24-13-10-17/h2-8,11,17H,9-10,12-15H2,1H3. The van der Waals surface area contributed by atoms with Crippen molar-refractivity contribution in [3.63, 3.8) is 0 Å². The molecule has 0 N–H and O–H groups in total. The van der Waals surface area contributed by atoms with Gasteiger partial charge >= 0.3 is 0 Å². The second kappa shape index (κ2) is 8.06. The van der Waals surface area contributed by atoms with Crippen molar-refractivity contribution >= 4 is 5.91 Å². The zero-order chi connectivity index (χ0) is 16.8. The Morgan fingerprint density at radius 1 is 1.12 bits per heavy atom. The SMILES string of the molecule is Cc1ccccc1CN(Cc1ccccn1)C(=O)C1CCOCC1. The minimum absolute atomic E-state index is 0.0616. The first-order valence-electron chi connectivity index (χ1n) is 8.55. The van der Waals surface area contributed by atoms with Gasteiger partial charge in [0.15, 0.2) is 0 Å². The van der Waals surface area contributed by atoms with E-state index in [0.29, 0.717) is 26.3 Å². The zero-order valence-corrected chi connectivity index (χ0v) is 14.1. The van der Waals surface area contributed by atoms with E-state index in [1.807, 2.05) is 35.2 Å². The Morgan fingerprint density at radius 2 is 1.88 bits per heavy atom. The summed E-state index contributed by atoms with van der Waals surface area (Å²) in [6.07, 6.45) is 3.40. The van der Waals surface area contributed by atoms with Crippen molar-refractivity contribution in [2.75, 3.05) is 13.2 Å². The first-order valence-corrected chi connectivity index (χ1v) is 8.55. The molecular formula is C20H24N2O2. The average molecular weight is 324 g/mol. The molecule has 0 saturated carbocycles. The molecule has 1 fully saturated rings. The summed E-state index contributed by atoms with van der Waals surface area (Å²) < 4.78 is 5.40. The third-order valence-electron chi connectivity index (χ3n) is 4.58. The Morgan fingerprint density at radius 3 is 2.58 bits per heavy atom. The number of carbonyl (C=O) groups excluding carboxylic acids is 1. The summed E-state index contributed by atoms with van der Waals surface area (Å²) in [7, 11) is 0. The van der Waals surface area contributed by atoms with Gasteiger partial charge in [0.1, 0.15) is 0 Å². The lowest BCUT2D eigenvalue weighted by atomic mass is 9.98. The largest absolute Gasteiger partial charge is 0.381 e. The minimum atomic E-state index is 0.0616. The molecule has 0 spiro atoms. The summed E-state index contributed by atoms with van der Waals surface area (Å²) in [5.74, 6) is 0.277. The second-order valence-electron chi connectivity index (χ2n) is 6.33. The first kappa shape index (κ1) is 16.7. The minimum Gasteiger partial charge on any atom is -0.381 e. The molecule has 1 aliphatic heterocycles. The van der Waals surface area contributed by atoms with Gasteiger partial charge in [-0.15, -0.1) is 0 Å². The molecule has 4 nitrogen and oxygen atoms in total. The molecule has 1 amide bonds. The Bertz CT molecular complexity index is 666. The van der Waals surface area contributed by atoms with Crippen LogP contribution in [0.2, 0.25) is 0 Å². The van der Waals surface area contributed by atoms with Crippen molar-refractivity contribution in [2.24, 2.45) is 5.92 Å². The van der Waals surface area contributed by atoms with Gasteiger partial charge in [-0.3, -0.25) is 9.78 Å². The Kier molecular flexibility index (Phi) is 5.59. The number of aromatic nitrogens is 1. The molecule has 3 rings (SSSR count). The van der Waals surface area contributed by atoms with Gasteiger partial charge in [0.25, 0.3) is 0 Å². The van der Waals surface area contributed by atoms with Crippen LogP contribution in [0.4, 0.5) is 0 Å². The number of rotatable bonds is 5. The van der Waals surface area contributed by atoms with E-state index in [1.54, 1.807) is 6.20 Å². The lowest BCUT2D eigenvalue weighted by Crippen LogP contribution is -2.38. The van der Waals surface area contributed by atoms with Crippen LogP contribution >= 0.6 is 0 Å². The molecule has 0 unspecified atom stereocenters. The lowest BCUT2D eigenvalue weighted by molar-refractivity contribution is -0.139. The van der Waals surface area contributed by atoms with Crippen molar-refractivity contribution < 1.29 is 9.53 Å². The van der Waals surface area contributed by atoms with Gasteiger partial charge in [0.2, 0.25) is 5.91 Å². The lowest BCUT2D eigenvalue weighted by Gasteiger charge is -2.29. The van der Waals surface area contributed by atoms with Crippen molar-refractivity contribution in [2.45, 2.75) is 32.9 Å². The van der Waals surface area contributed by atoms with Crippen LogP contribution in [0.1, 0.15) is 29.7 Å². The molecule has 24 heavy (non-hydrogen) atoms. The summed E-state index contributed by atoms with van der Waals surface area (Å²) in [6, 6.07) is 14.1. The van der Waals surface area contributed by atoms with E-state index in [9.17, 15) is 4.79 Å². The second-order valence-corrected chi connectivity index (χ2v) is 6.33. The van der Waals surface area contributed by atoms with Gasteiger partial charge in [-0.2, -0.15) is 0 Å². The molecule has 0 radical (unpaired) electrons. The van der Waals surface area contributed by atoms with Gasteiger partial charge in [-0.1, -0.05) is 30.3 Å². The number of hydrogen-bond donors (Lipinski definition) is 0. The van der Waals surface area contributed by atoms with Crippen LogP contribution in [0.15, 0.2) is 48.7 Å². The maximum absolute atomic E-state index is 13.1. The highest BCUT2D eigenvalue weighted by Crippen LogP contribution is 2.21. The van der Waals surface area contributed by atoms with Gasteiger partial charge < -0.3 is 9.64 Å². The number of amides is 1. The molecule has 0 bridgehead atoms. The number of aryl methyl sites for hydroxylation is 1. The predicted octanol–water partition coefficient (Wildman–Crippen LogP) is 3.35. The Balaban J connectivity index is 1.79. The smallest absolute Gasteiger partial charge is 0.226 e. The summed E-state index contributed by atoms with van der Waals surface area (Å²) in [5, 5.41) is 0. The third-order valence-corrected chi connectivity index (χ3v) is 4.58. The summed E-state index contributed by atoms with van der Waals surface area (Å²) in [4.78, 5) is 19.4. The number of hydrogen-bond acceptors (Lipinski definition) is 3. The van der Waals surface area contributed by atoms with Crippen LogP contribution in [0.5, 0.6) is 0 Å². The highest BCUT2D eigenvalue weighted by Gasteiger charge is 2.27. The van der Waals surface area contributed by atoms with Crippen molar-refractivity contribution in [1.82, 2.24) is 9.88 Å². The monoisotopic (exact) mass is 324 g/mol. The molecule has 0 aliphatic carbocycles. The van der Waals surface area contributed by atoms with Crippen LogP contribution in [0.25, 0.3) is 0 Å². The zero-order valence-electron chi connectivity index (χ0n) is 14.1. The highest BCUT2D eigenvalue weighted by atomic mass is 16.5. The third kappa shape index (κ3) is 4.20. The van der Waals surface area contributed by atoms with Crippen LogP contribution in [0.3, 0.4) is 0 Å². The van der Waals surface area contributed by atoms with E-state index in [4.69, 9.17) is 4.74 Å². The summed E-state index contributed by atoms with van der Waals surface area (Å²) in [6.45, 7) is 4.62. The maximum Gasteiger partial charge on any atom is 0.226 e. The number of pyridine rings is 1. The van der Waals surface area contributed by atoms with Crippen LogP contribution in [-0.4, -0.2) is 29.0 Å². The van der Waals surface area contributed by atoms with E-state index in [-0.39, 0.29) is 11.8 Å². The molecule has 1 aromatic heterocycles. The molecule has 1 aromatic carbocycles. The molecule has 1 saturated heterocycles. The number of benzene rings is 1. The Hall–Kier alpha value is -2.20. The quantitative estimate of drug-likeness (QED) is 0.847. The topological polar surface area (TPSA) is 42.4 Å². The van der Waals surface area contributed by atoms with Crippen molar-refractivity contribution in [1.29, 1.82) is 0 Å². The molecule has 2 aromatic rings. The van der Waals surface area contributed by atoms with Crippen molar-refractivity contribution in [3.05, 3.63) is 65.5 Å². The Labute approximate surface area is 143 Å².